The molecule has 1 amide bonds. The number of carbonyl (C=O) groups excluding carboxylic acids is 2. The number of halogens is 1. The van der Waals surface area contributed by atoms with Crippen LogP contribution in [0.15, 0.2) is 24.5 Å². The molecule has 1 aliphatic carbocycles. The molecular formula is C22H23FN4O4S. The number of anilines is 2. The highest BCUT2D eigenvalue weighted by molar-refractivity contribution is 7.20. The summed E-state index contributed by atoms with van der Waals surface area (Å²) in [6, 6.07) is 4.30. The SMILES string of the molecule is COC(=O)c1sc2ncnc(Nc3ccc(F)cc3OC3CCC(NC(C)=O)C3)c2c1C. The fraction of sp³-hybridized carbons (Fsp3) is 0.364. The molecule has 3 aromatic rings. The molecule has 0 saturated heterocycles. The number of fused-ring (bicyclic) bond motifs is 1. The minimum Gasteiger partial charge on any atom is -0.488 e. The van der Waals surface area contributed by atoms with Gasteiger partial charge in [-0.3, -0.25) is 4.79 Å². The van der Waals surface area contributed by atoms with Crippen molar-refractivity contribution >= 4 is 44.9 Å². The van der Waals surface area contributed by atoms with E-state index >= 15 is 0 Å². The predicted octanol–water partition coefficient (Wildman–Crippen LogP) is 4.11. The Morgan fingerprint density at radius 3 is 2.81 bits per heavy atom. The second-order valence-corrected chi connectivity index (χ2v) is 8.67. The number of benzene rings is 1. The van der Waals surface area contributed by atoms with Gasteiger partial charge >= 0.3 is 5.97 Å². The van der Waals surface area contributed by atoms with Crippen LogP contribution < -0.4 is 15.4 Å². The van der Waals surface area contributed by atoms with E-state index in [1.54, 1.807) is 6.07 Å². The average Bonchev–Trinajstić information content (AvgIpc) is 3.33. The maximum absolute atomic E-state index is 14.0. The van der Waals surface area contributed by atoms with Gasteiger partial charge in [0.1, 0.15) is 39.5 Å². The van der Waals surface area contributed by atoms with Crippen molar-refractivity contribution in [1.82, 2.24) is 15.3 Å². The lowest BCUT2D eigenvalue weighted by molar-refractivity contribution is -0.119. The lowest BCUT2D eigenvalue weighted by Gasteiger charge is -2.18. The number of esters is 1. The maximum Gasteiger partial charge on any atom is 0.348 e. The second kappa shape index (κ2) is 9.07. The van der Waals surface area contributed by atoms with Crippen LogP contribution in [-0.4, -0.2) is 41.1 Å². The lowest BCUT2D eigenvalue weighted by Crippen LogP contribution is -2.31. The van der Waals surface area contributed by atoms with Crippen molar-refractivity contribution in [1.29, 1.82) is 0 Å². The van der Waals surface area contributed by atoms with Crippen LogP contribution in [0.4, 0.5) is 15.9 Å². The van der Waals surface area contributed by atoms with E-state index < -0.39 is 11.8 Å². The summed E-state index contributed by atoms with van der Waals surface area (Å²) in [6.07, 6.45) is 3.47. The Morgan fingerprint density at radius 1 is 1.25 bits per heavy atom. The first-order valence-electron chi connectivity index (χ1n) is 10.2. The molecule has 168 valence electrons. The fourth-order valence-corrected chi connectivity index (χ4v) is 4.99. The fourth-order valence-electron chi connectivity index (χ4n) is 3.92. The van der Waals surface area contributed by atoms with Gasteiger partial charge in [0.05, 0.1) is 18.2 Å². The number of carbonyl (C=O) groups is 2. The molecule has 0 bridgehead atoms. The number of hydrogen-bond acceptors (Lipinski definition) is 8. The summed E-state index contributed by atoms with van der Waals surface area (Å²) in [5.74, 6) is -0.0927. The quantitative estimate of drug-likeness (QED) is 0.536. The number of nitrogens with one attached hydrogen (secondary N) is 2. The van der Waals surface area contributed by atoms with E-state index in [2.05, 4.69) is 20.6 Å². The summed E-state index contributed by atoms with van der Waals surface area (Å²) in [5.41, 5.74) is 1.25. The maximum atomic E-state index is 14.0. The highest BCUT2D eigenvalue weighted by Gasteiger charge is 2.28. The zero-order valence-corrected chi connectivity index (χ0v) is 18.7. The summed E-state index contributed by atoms with van der Waals surface area (Å²) >= 11 is 1.23. The molecule has 1 fully saturated rings. The zero-order chi connectivity index (χ0) is 22.8. The lowest BCUT2D eigenvalue weighted by atomic mass is 10.2. The van der Waals surface area contributed by atoms with Gasteiger partial charge in [0, 0.05) is 25.5 Å². The first kappa shape index (κ1) is 21.9. The molecule has 0 spiro atoms. The third-order valence-corrected chi connectivity index (χ3v) is 6.56. The molecule has 1 saturated carbocycles. The van der Waals surface area contributed by atoms with Crippen LogP contribution >= 0.6 is 11.3 Å². The van der Waals surface area contributed by atoms with Gasteiger partial charge in [-0.25, -0.2) is 19.2 Å². The van der Waals surface area contributed by atoms with Crippen molar-refractivity contribution in [2.45, 2.75) is 45.3 Å². The Bertz CT molecular complexity index is 1180. The number of rotatable bonds is 6. The number of methoxy groups -OCH3 is 1. The molecule has 2 N–H and O–H groups in total. The van der Waals surface area contributed by atoms with Crippen LogP contribution in [-0.2, 0) is 9.53 Å². The van der Waals surface area contributed by atoms with Crippen molar-refractivity contribution in [2.75, 3.05) is 12.4 Å². The molecule has 10 heteroatoms. The molecule has 4 rings (SSSR count). The van der Waals surface area contributed by atoms with Gasteiger partial charge in [-0.1, -0.05) is 0 Å². The molecule has 1 aliphatic rings. The van der Waals surface area contributed by atoms with E-state index in [0.29, 0.717) is 44.3 Å². The molecule has 32 heavy (non-hydrogen) atoms. The van der Waals surface area contributed by atoms with Crippen LogP contribution in [0.25, 0.3) is 10.2 Å². The van der Waals surface area contributed by atoms with Gasteiger partial charge in [-0.15, -0.1) is 11.3 Å². The van der Waals surface area contributed by atoms with E-state index in [0.717, 1.165) is 12.8 Å². The van der Waals surface area contributed by atoms with Crippen molar-refractivity contribution in [3.8, 4) is 5.75 Å². The molecule has 2 heterocycles. The summed E-state index contributed by atoms with van der Waals surface area (Å²) in [4.78, 5) is 33.1. The first-order chi connectivity index (χ1) is 15.4. The van der Waals surface area contributed by atoms with E-state index in [1.807, 2.05) is 6.92 Å². The first-order valence-corrected chi connectivity index (χ1v) is 11.0. The van der Waals surface area contributed by atoms with Crippen molar-refractivity contribution < 1.29 is 23.5 Å². The second-order valence-electron chi connectivity index (χ2n) is 7.67. The van der Waals surface area contributed by atoms with E-state index in [9.17, 15) is 14.0 Å². The largest absolute Gasteiger partial charge is 0.488 e. The summed E-state index contributed by atoms with van der Waals surface area (Å²) in [7, 11) is 1.33. The average molecular weight is 459 g/mol. The van der Waals surface area contributed by atoms with Gasteiger partial charge in [0.2, 0.25) is 5.91 Å². The number of aromatic nitrogens is 2. The summed E-state index contributed by atoms with van der Waals surface area (Å²) in [6.45, 7) is 3.30. The van der Waals surface area contributed by atoms with Gasteiger partial charge in [-0.05, 0) is 37.5 Å². The number of nitrogens with zero attached hydrogens (tertiary/aromatic N) is 2. The third kappa shape index (κ3) is 4.50. The number of ether oxygens (including phenoxy) is 2. The molecule has 2 atom stereocenters. The molecule has 2 unspecified atom stereocenters. The smallest absolute Gasteiger partial charge is 0.348 e. The molecule has 8 nitrogen and oxygen atoms in total. The molecule has 0 radical (unpaired) electrons. The Hall–Kier alpha value is -3.27. The standard InChI is InChI=1S/C22H23FN4O4S/c1-11-18-20(24-10-25-21(18)32-19(11)22(29)30-3)27-16-7-4-13(23)8-17(16)31-15-6-5-14(9-15)26-12(2)28/h4,7-8,10,14-15H,5-6,9H2,1-3H3,(H,26,28)(H,24,25,27). The summed E-state index contributed by atoms with van der Waals surface area (Å²) < 4.78 is 25.0. The van der Waals surface area contributed by atoms with E-state index in [-0.39, 0.29) is 18.1 Å². The monoisotopic (exact) mass is 458 g/mol. The van der Waals surface area contributed by atoms with Crippen molar-refractivity contribution in [2.24, 2.45) is 0 Å². The number of amides is 1. The Morgan fingerprint density at radius 2 is 2.06 bits per heavy atom. The third-order valence-electron chi connectivity index (χ3n) is 5.38. The number of thiophene rings is 1. The normalized spacial score (nSPS) is 17.9. The van der Waals surface area contributed by atoms with Crippen LogP contribution in [0.2, 0.25) is 0 Å². The van der Waals surface area contributed by atoms with Crippen LogP contribution in [0.3, 0.4) is 0 Å². The van der Waals surface area contributed by atoms with E-state index in [1.165, 1.54) is 43.8 Å². The summed E-state index contributed by atoms with van der Waals surface area (Å²) in [5, 5.41) is 6.81. The molecular weight excluding hydrogens is 435 g/mol. The van der Waals surface area contributed by atoms with Gasteiger partial charge in [0.15, 0.2) is 0 Å². The van der Waals surface area contributed by atoms with Gasteiger partial charge in [0.25, 0.3) is 0 Å². The molecule has 1 aromatic carbocycles. The molecule has 0 aliphatic heterocycles. The predicted molar refractivity (Wildman–Crippen MR) is 119 cm³/mol. The Labute approximate surface area is 188 Å². The minimum absolute atomic E-state index is 0.0501. The Kier molecular flexibility index (Phi) is 6.22. The van der Waals surface area contributed by atoms with E-state index in [4.69, 9.17) is 9.47 Å². The topological polar surface area (TPSA) is 102 Å². The van der Waals surface area contributed by atoms with Crippen molar-refractivity contribution in [3.63, 3.8) is 0 Å². The Balaban J connectivity index is 1.62. The number of aryl methyl sites for hydroxylation is 1. The van der Waals surface area contributed by atoms with Gasteiger partial charge < -0.3 is 20.1 Å². The van der Waals surface area contributed by atoms with Crippen molar-refractivity contribution in [3.05, 3.63) is 40.8 Å². The van der Waals surface area contributed by atoms with Crippen LogP contribution in [0.5, 0.6) is 5.75 Å². The molecule has 2 aromatic heterocycles. The highest BCUT2D eigenvalue weighted by atomic mass is 32.1. The van der Waals surface area contributed by atoms with Crippen LogP contribution in [0.1, 0.15) is 41.4 Å². The zero-order valence-electron chi connectivity index (χ0n) is 17.9. The highest BCUT2D eigenvalue weighted by Crippen LogP contribution is 2.37. The van der Waals surface area contributed by atoms with Gasteiger partial charge in [-0.2, -0.15) is 0 Å². The van der Waals surface area contributed by atoms with Crippen LogP contribution in [0, 0.1) is 12.7 Å². The number of hydrogen-bond donors (Lipinski definition) is 2. The minimum atomic E-state index is -0.433.